The highest BCUT2D eigenvalue weighted by molar-refractivity contribution is 6.43. The fourth-order valence-corrected chi connectivity index (χ4v) is 9.54. The molecule has 0 radical (unpaired) electrons. The average Bonchev–Trinajstić information content (AvgIpc) is 3.41. The predicted molar refractivity (Wildman–Crippen MR) is 202 cm³/mol. The first-order valence-corrected chi connectivity index (χ1v) is 19.1. The summed E-state index contributed by atoms with van der Waals surface area (Å²) in [6, 6.07) is 15.1. The van der Waals surface area contributed by atoms with Crippen LogP contribution in [0.1, 0.15) is 68.1 Å². The number of pyridine rings is 2. The minimum absolute atomic E-state index is 0.0110. The molecule has 3 aliphatic heterocycles. The van der Waals surface area contributed by atoms with Gasteiger partial charge in [-0.1, -0.05) is 35.3 Å². The van der Waals surface area contributed by atoms with E-state index in [1.54, 1.807) is 37.6 Å². The Balaban J connectivity index is 1.26. The van der Waals surface area contributed by atoms with Crippen molar-refractivity contribution in [1.29, 1.82) is 5.26 Å². The molecule has 1 N–H and O–H groups in total. The van der Waals surface area contributed by atoms with Crippen molar-refractivity contribution in [3.63, 3.8) is 0 Å². The molecule has 0 unspecified atom stereocenters. The molecule has 5 aliphatic rings. The Bertz CT molecular complexity index is 2340. The molecule has 2 aliphatic carbocycles. The zero-order chi connectivity index (χ0) is 36.7. The number of halogens is 3. The number of benzene rings is 2. The molecule has 0 spiro atoms. The van der Waals surface area contributed by atoms with Gasteiger partial charge in [-0.25, -0.2) is 14.4 Å². The van der Waals surface area contributed by atoms with E-state index < -0.39 is 5.82 Å². The van der Waals surface area contributed by atoms with Crippen LogP contribution in [0.4, 0.5) is 4.39 Å². The molecule has 2 bridgehead atoms. The third-order valence-electron chi connectivity index (χ3n) is 11.9. The number of hydrogen-bond donors (Lipinski definition) is 1. The highest BCUT2D eigenvalue weighted by Crippen LogP contribution is 2.52. The van der Waals surface area contributed by atoms with Gasteiger partial charge in [-0.15, -0.1) is 0 Å². The Kier molecular flexibility index (Phi) is 8.52. The number of aromatic nitrogens is 3. The second kappa shape index (κ2) is 13.2. The molecule has 3 aromatic heterocycles. The van der Waals surface area contributed by atoms with E-state index in [-0.39, 0.29) is 59.1 Å². The fourth-order valence-electron chi connectivity index (χ4n) is 9.15. The van der Waals surface area contributed by atoms with Crippen LogP contribution in [0.3, 0.4) is 0 Å². The fraction of sp³-hybridized carbons (Fsp3) is 0.415. The van der Waals surface area contributed by atoms with Gasteiger partial charge >= 0.3 is 0 Å². The summed E-state index contributed by atoms with van der Waals surface area (Å²) in [7, 11) is 1.57. The quantitative estimate of drug-likeness (QED) is 0.161. The van der Waals surface area contributed by atoms with Crippen LogP contribution >= 0.6 is 23.2 Å². The Morgan fingerprint density at radius 1 is 1.15 bits per heavy atom. The Labute approximate surface area is 317 Å². The zero-order valence-electron chi connectivity index (χ0n) is 29.7. The Morgan fingerprint density at radius 3 is 2.70 bits per heavy atom. The molecule has 2 aromatic carbocycles. The van der Waals surface area contributed by atoms with Crippen molar-refractivity contribution >= 4 is 50.9 Å². The molecule has 1 amide bonds. The zero-order valence-corrected chi connectivity index (χ0v) is 31.2. The van der Waals surface area contributed by atoms with Gasteiger partial charge in [0.05, 0.1) is 46.9 Å². The first-order chi connectivity index (χ1) is 25.7. The van der Waals surface area contributed by atoms with Gasteiger partial charge < -0.3 is 24.3 Å². The van der Waals surface area contributed by atoms with Gasteiger partial charge in [0.1, 0.15) is 17.4 Å². The maximum atomic E-state index is 17.2. The first kappa shape index (κ1) is 34.3. The Morgan fingerprint density at radius 2 is 1.98 bits per heavy atom. The van der Waals surface area contributed by atoms with Gasteiger partial charge in [0.15, 0.2) is 5.82 Å². The summed E-state index contributed by atoms with van der Waals surface area (Å²) in [6.07, 6.45) is 5.32. The van der Waals surface area contributed by atoms with E-state index >= 15 is 4.39 Å². The largest absolute Gasteiger partial charge is 0.488 e. The summed E-state index contributed by atoms with van der Waals surface area (Å²) < 4.78 is 31.6. The molecule has 6 atom stereocenters. The number of nitriles is 1. The number of likely N-dealkylation sites (tertiary alicyclic amines) is 1. The van der Waals surface area contributed by atoms with Crippen LogP contribution in [0.25, 0.3) is 32.9 Å². The van der Waals surface area contributed by atoms with E-state index in [0.717, 1.165) is 42.4 Å². The number of amides is 1. The van der Waals surface area contributed by atoms with Gasteiger partial charge in [0, 0.05) is 76.9 Å². The van der Waals surface area contributed by atoms with Crippen LogP contribution in [-0.4, -0.2) is 57.2 Å². The van der Waals surface area contributed by atoms with Crippen LogP contribution in [0.15, 0.2) is 48.7 Å². The van der Waals surface area contributed by atoms with E-state index in [9.17, 15) is 10.1 Å². The predicted octanol–water partition coefficient (Wildman–Crippen LogP) is 8.52. The molecule has 53 heavy (non-hydrogen) atoms. The maximum absolute atomic E-state index is 17.2. The summed E-state index contributed by atoms with van der Waals surface area (Å²) >= 11 is 13.1. The number of nitrogens with one attached hydrogen (secondary N) is 1. The molecule has 272 valence electrons. The molecule has 3 saturated heterocycles. The van der Waals surface area contributed by atoms with Crippen molar-refractivity contribution in [3.8, 4) is 28.8 Å². The van der Waals surface area contributed by atoms with E-state index in [0.29, 0.717) is 63.2 Å². The van der Waals surface area contributed by atoms with Crippen LogP contribution < -0.4 is 14.8 Å². The first-order valence-electron chi connectivity index (χ1n) is 18.4. The van der Waals surface area contributed by atoms with Crippen molar-refractivity contribution in [2.75, 3.05) is 13.7 Å². The van der Waals surface area contributed by atoms with Gasteiger partial charge in [-0.05, 0) is 75.3 Å². The topological polar surface area (TPSA) is 105 Å². The number of ether oxygens (including phenoxy) is 2. The van der Waals surface area contributed by atoms with E-state index in [2.05, 4.69) is 38.8 Å². The van der Waals surface area contributed by atoms with Crippen molar-refractivity contribution in [2.24, 2.45) is 11.8 Å². The molecular weight excluding hydrogens is 714 g/mol. The number of rotatable bonds is 9. The SMILES string of the molecule is COc1cc(O[C@H]2C[C@H](c3cc4c(C)nc5c(F)c(-c6cccc(Cl)c6Cl)c(CCC#N)cc5c4n3[C@H]3[C@H]4CN[C@@H]3C4)N(C(=O)C3CC3)[C@@H]2C)ccn1. The van der Waals surface area contributed by atoms with Crippen LogP contribution in [0, 0.1) is 35.9 Å². The van der Waals surface area contributed by atoms with E-state index in [1.165, 1.54) is 0 Å². The number of hydrogen-bond acceptors (Lipinski definition) is 7. The summed E-state index contributed by atoms with van der Waals surface area (Å²) in [5, 5.41) is 15.5. The minimum Gasteiger partial charge on any atom is -0.488 e. The number of methoxy groups -OCH3 is 1. The summed E-state index contributed by atoms with van der Waals surface area (Å²) in [6.45, 7) is 4.90. The van der Waals surface area contributed by atoms with Crippen LogP contribution in [0.2, 0.25) is 10.0 Å². The molecule has 10 rings (SSSR count). The smallest absolute Gasteiger partial charge is 0.226 e. The number of carbonyl (C=O) groups excluding carboxylic acids is 1. The lowest BCUT2D eigenvalue weighted by molar-refractivity contribution is -0.136. The summed E-state index contributed by atoms with van der Waals surface area (Å²) in [5.74, 6) is 1.16. The second-order valence-corrected chi connectivity index (χ2v) is 15.8. The Hall–Kier alpha value is -4.43. The van der Waals surface area contributed by atoms with Crippen LogP contribution in [0.5, 0.6) is 11.6 Å². The highest BCUT2D eigenvalue weighted by atomic mass is 35.5. The maximum Gasteiger partial charge on any atom is 0.226 e. The number of aryl methyl sites for hydroxylation is 2. The van der Waals surface area contributed by atoms with E-state index in [1.807, 2.05) is 19.1 Å². The van der Waals surface area contributed by atoms with Crippen molar-refractivity contribution in [2.45, 2.75) is 82.6 Å². The average molecular weight is 754 g/mol. The monoisotopic (exact) mass is 752 g/mol. The molecule has 2 saturated carbocycles. The number of fused-ring (bicyclic) bond motifs is 4. The summed E-state index contributed by atoms with van der Waals surface area (Å²) in [4.78, 5) is 25.4. The second-order valence-electron chi connectivity index (χ2n) is 15.0. The number of carbonyl (C=O) groups is 1. The lowest BCUT2D eigenvalue weighted by Gasteiger charge is -2.39. The lowest BCUT2D eigenvalue weighted by atomic mass is 9.79. The summed E-state index contributed by atoms with van der Waals surface area (Å²) in [5.41, 5.74) is 4.30. The van der Waals surface area contributed by atoms with Gasteiger partial charge in [-0.2, -0.15) is 5.26 Å². The molecule has 12 heteroatoms. The third kappa shape index (κ3) is 5.54. The molecule has 9 nitrogen and oxygen atoms in total. The molecule has 5 fully saturated rings. The normalized spacial score (nSPS) is 24.8. The van der Waals surface area contributed by atoms with Crippen molar-refractivity contribution in [3.05, 3.63) is 81.5 Å². The molecule has 5 aromatic rings. The van der Waals surface area contributed by atoms with E-state index in [4.69, 9.17) is 37.7 Å². The van der Waals surface area contributed by atoms with Gasteiger partial charge in [0.25, 0.3) is 0 Å². The van der Waals surface area contributed by atoms with Crippen LogP contribution in [-0.2, 0) is 11.2 Å². The van der Waals surface area contributed by atoms with Gasteiger partial charge in [-0.3, -0.25) is 4.79 Å². The number of nitrogens with zero attached hydrogens (tertiary/aromatic N) is 5. The lowest BCUT2D eigenvalue weighted by Crippen LogP contribution is -2.43. The van der Waals surface area contributed by atoms with Crippen molar-refractivity contribution in [1.82, 2.24) is 24.8 Å². The van der Waals surface area contributed by atoms with Gasteiger partial charge in [0.2, 0.25) is 11.8 Å². The highest BCUT2D eigenvalue weighted by Gasteiger charge is 2.52. The van der Waals surface area contributed by atoms with Crippen molar-refractivity contribution < 1.29 is 18.7 Å². The molecule has 6 heterocycles. The third-order valence-corrected chi connectivity index (χ3v) is 12.7. The molecular formula is C41H39Cl2FN6O3. The standard InChI is InChI=1S/C41H39Cl2FN6O3/c1-20-27-17-31(32-18-33(21(2)49(32)41(51)22-9-10-22)53-25-11-13-46-34(16-25)52-3)50(39-24-15-30(39)47-19-24)40(27)28-14-23(6-5-12-45)35(37(44)38(28)48-20)26-7-4-8-29(42)36(26)43/h4,7-8,11,13-14,16-17,21-22,24,30,32-33,39,47H,5-6,9-10,15,18-19H2,1-3H3/t21-,24-,30-,32-,33+,39+/m1/s1. The minimum atomic E-state index is -0.491.